The highest BCUT2D eigenvalue weighted by Gasteiger charge is 2.70. The molecule has 2 N–H and O–H groups in total. The number of hydrogen-bond acceptors (Lipinski definition) is 10. The summed E-state index contributed by atoms with van der Waals surface area (Å²) in [5.74, 6) is -5.00. The standard InChI is InChI=1S/C49H46N6O6/c1-5-61-42-27-30(13-26-41(42)56)44-37-24-25-38-43(47(59)54(45(38)57)36-22-18-33(19-23-36)51-50-32-16-20-35(21-17-32)53(3)4)39(37)28-40-46(58)55(52-34-14-11-29(2)12-15-34)48(60)49(40,44)31-9-7-6-8-10-31/h6-24,26-27,38-40,43-44,52,56H,5,25,28H2,1-4H3. The number of aromatic hydroxyl groups is 1. The zero-order valence-corrected chi connectivity index (χ0v) is 34.4. The molecule has 12 nitrogen and oxygen atoms in total. The van der Waals surface area contributed by atoms with Crippen LogP contribution < -0.4 is 20.0 Å². The monoisotopic (exact) mass is 814 g/mol. The van der Waals surface area contributed by atoms with E-state index in [0.717, 1.165) is 21.8 Å². The molecule has 4 amide bonds. The van der Waals surface area contributed by atoms with E-state index in [2.05, 4.69) is 15.7 Å². The van der Waals surface area contributed by atoms with Gasteiger partial charge in [-0.2, -0.15) is 15.2 Å². The van der Waals surface area contributed by atoms with E-state index in [1.165, 1.54) is 4.90 Å². The van der Waals surface area contributed by atoms with Gasteiger partial charge in [0.1, 0.15) is 0 Å². The Kier molecular flexibility index (Phi) is 10.0. The van der Waals surface area contributed by atoms with Crippen molar-refractivity contribution in [1.82, 2.24) is 5.01 Å². The predicted octanol–water partition coefficient (Wildman–Crippen LogP) is 8.77. The van der Waals surface area contributed by atoms with Crippen LogP contribution in [0.25, 0.3) is 0 Å². The fraction of sp³-hybridized carbons (Fsp3) is 0.265. The van der Waals surface area contributed by atoms with Crippen molar-refractivity contribution in [3.8, 4) is 11.5 Å². The van der Waals surface area contributed by atoms with Crippen LogP contribution in [0.4, 0.5) is 28.4 Å². The van der Waals surface area contributed by atoms with E-state index in [1.54, 1.807) is 42.5 Å². The van der Waals surface area contributed by atoms with Gasteiger partial charge in [-0.05, 0) is 117 Å². The number of fused-ring (bicyclic) bond motifs is 4. The van der Waals surface area contributed by atoms with E-state index in [9.17, 15) is 19.5 Å². The molecule has 61 heavy (non-hydrogen) atoms. The largest absolute Gasteiger partial charge is 0.504 e. The van der Waals surface area contributed by atoms with Crippen molar-refractivity contribution in [2.24, 2.45) is 33.9 Å². The Morgan fingerprint density at radius 1 is 0.803 bits per heavy atom. The molecule has 0 bridgehead atoms. The van der Waals surface area contributed by atoms with Gasteiger partial charge < -0.3 is 14.7 Å². The highest BCUT2D eigenvalue weighted by atomic mass is 16.5. The van der Waals surface area contributed by atoms with Gasteiger partial charge in [-0.1, -0.05) is 65.7 Å². The van der Waals surface area contributed by atoms with Crippen LogP contribution in [0.1, 0.15) is 42.4 Å². The quantitative estimate of drug-likeness (QED) is 0.0809. The van der Waals surface area contributed by atoms with Crippen molar-refractivity contribution in [3.63, 3.8) is 0 Å². The van der Waals surface area contributed by atoms with Crippen LogP contribution in [0.2, 0.25) is 0 Å². The third-order valence-corrected chi connectivity index (χ3v) is 12.8. The van der Waals surface area contributed by atoms with E-state index in [1.807, 2.05) is 118 Å². The number of nitrogens with one attached hydrogen (secondary N) is 1. The fourth-order valence-electron chi connectivity index (χ4n) is 9.96. The smallest absolute Gasteiger partial charge is 0.260 e. The summed E-state index contributed by atoms with van der Waals surface area (Å²) in [6.07, 6.45) is 2.45. The molecule has 4 aliphatic rings. The molecule has 5 aromatic rings. The molecule has 308 valence electrons. The molecule has 12 heteroatoms. The van der Waals surface area contributed by atoms with Crippen molar-refractivity contribution in [2.45, 2.75) is 38.0 Å². The normalized spacial score (nSPS) is 24.4. The Labute approximate surface area is 354 Å². The first-order valence-electron chi connectivity index (χ1n) is 20.6. The van der Waals surface area contributed by atoms with Crippen LogP contribution in [0.3, 0.4) is 0 Å². The first-order valence-corrected chi connectivity index (χ1v) is 20.6. The topological polar surface area (TPSA) is 144 Å². The second-order valence-electron chi connectivity index (χ2n) is 16.4. The number of phenols is 1. The SMILES string of the molecule is CCOc1cc(C2C3=CCC4C(=O)N(c5ccc(N=Nc6ccc(N(C)C)cc6)cc5)C(=O)C4C3CC3C(=O)N(Nc4ccc(C)cc4)C(=O)C32c2ccccc2)ccc1O. The lowest BCUT2D eigenvalue weighted by Gasteiger charge is -2.50. The lowest BCUT2D eigenvalue weighted by atomic mass is 9.49. The molecule has 1 saturated carbocycles. The maximum atomic E-state index is 15.4. The molecule has 5 aromatic carbocycles. The summed E-state index contributed by atoms with van der Waals surface area (Å²) in [7, 11) is 3.93. The van der Waals surface area contributed by atoms with E-state index < -0.39 is 46.8 Å². The van der Waals surface area contributed by atoms with E-state index >= 15 is 4.79 Å². The molecule has 2 saturated heterocycles. The first-order chi connectivity index (χ1) is 29.5. The Morgan fingerprint density at radius 2 is 1.48 bits per heavy atom. The summed E-state index contributed by atoms with van der Waals surface area (Å²) in [5, 5.41) is 20.7. The summed E-state index contributed by atoms with van der Waals surface area (Å²) in [6.45, 7) is 4.07. The Morgan fingerprint density at radius 3 is 2.13 bits per heavy atom. The number of carbonyl (C=O) groups excluding carboxylic acids is 4. The number of allylic oxidation sites excluding steroid dienone is 2. The lowest BCUT2D eigenvalue weighted by Crippen LogP contribution is -2.53. The van der Waals surface area contributed by atoms with Gasteiger partial charge in [0, 0.05) is 25.7 Å². The molecule has 0 aromatic heterocycles. The Hall–Kier alpha value is -7.08. The van der Waals surface area contributed by atoms with Gasteiger partial charge in [-0.25, -0.2) is 0 Å². The number of hydrogen-bond donors (Lipinski definition) is 2. The molecule has 3 fully saturated rings. The summed E-state index contributed by atoms with van der Waals surface area (Å²) >= 11 is 0. The number of benzene rings is 5. The fourth-order valence-corrected chi connectivity index (χ4v) is 9.96. The minimum absolute atomic E-state index is 0.0594. The third kappa shape index (κ3) is 6.53. The number of hydrazine groups is 1. The van der Waals surface area contributed by atoms with Gasteiger partial charge in [0.2, 0.25) is 11.8 Å². The molecule has 6 unspecified atom stereocenters. The highest BCUT2D eigenvalue weighted by Crippen LogP contribution is 2.64. The zero-order chi connectivity index (χ0) is 42.6. The van der Waals surface area contributed by atoms with Crippen molar-refractivity contribution in [2.75, 3.05) is 35.9 Å². The number of rotatable bonds is 10. The van der Waals surface area contributed by atoms with E-state index in [-0.39, 0.29) is 42.8 Å². The van der Waals surface area contributed by atoms with Crippen LogP contribution in [0, 0.1) is 30.6 Å². The van der Waals surface area contributed by atoms with Crippen LogP contribution >= 0.6 is 0 Å². The summed E-state index contributed by atoms with van der Waals surface area (Å²) in [5.41, 5.74) is 8.11. The number of imide groups is 2. The molecule has 0 spiro atoms. The lowest BCUT2D eigenvalue weighted by molar-refractivity contribution is -0.138. The molecular weight excluding hydrogens is 769 g/mol. The third-order valence-electron chi connectivity index (χ3n) is 12.8. The molecule has 6 atom stereocenters. The summed E-state index contributed by atoms with van der Waals surface area (Å²) in [4.78, 5) is 62.9. The Balaban J connectivity index is 1.11. The summed E-state index contributed by atoms with van der Waals surface area (Å²) in [6, 6.07) is 36.4. The van der Waals surface area contributed by atoms with Gasteiger partial charge in [-0.3, -0.25) is 29.5 Å². The number of anilines is 3. The maximum absolute atomic E-state index is 15.4. The number of amides is 4. The molecule has 2 aliphatic heterocycles. The first kappa shape index (κ1) is 39.4. The zero-order valence-electron chi connectivity index (χ0n) is 34.4. The highest BCUT2D eigenvalue weighted by molar-refractivity contribution is 6.22. The number of aryl methyl sites for hydroxylation is 1. The molecule has 2 aliphatic carbocycles. The number of carbonyl (C=O) groups is 4. The minimum Gasteiger partial charge on any atom is -0.504 e. The second kappa shape index (κ2) is 15.5. The van der Waals surface area contributed by atoms with Crippen molar-refractivity contribution >= 4 is 52.1 Å². The maximum Gasteiger partial charge on any atom is 0.260 e. The van der Waals surface area contributed by atoms with Gasteiger partial charge >= 0.3 is 0 Å². The number of phenolic OH excluding ortho intramolecular Hbond substituents is 1. The van der Waals surface area contributed by atoms with Gasteiger partial charge in [0.15, 0.2) is 11.5 Å². The molecule has 2 heterocycles. The van der Waals surface area contributed by atoms with E-state index in [0.29, 0.717) is 33.9 Å². The van der Waals surface area contributed by atoms with Crippen LogP contribution in [0.15, 0.2) is 143 Å². The molecule has 0 radical (unpaired) electrons. The molecule has 9 rings (SSSR count). The Bertz CT molecular complexity index is 2590. The average molecular weight is 815 g/mol. The van der Waals surface area contributed by atoms with E-state index in [4.69, 9.17) is 4.74 Å². The van der Waals surface area contributed by atoms with Gasteiger partial charge in [-0.15, -0.1) is 0 Å². The second-order valence-corrected chi connectivity index (χ2v) is 16.4. The number of nitrogens with zero attached hydrogens (tertiary/aromatic N) is 5. The number of ether oxygens (including phenoxy) is 1. The predicted molar refractivity (Wildman–Crippen MR) is 232 cm³/mol. The average Bonchev–Trinajstić information content (AvgIpc) is 3.65. The van der Waals surface area contributed by atoms with Gasteiger partial charge in [0.05, 0.1) is 52.5 Å². The van der Waals surface area contributed by atoms with Crippen molar-refractivity contribution < 1.29 is 29.0 Å². The van der Waals surface area contributed by atoms with Crippen molar-refractivity contribution in [1.29, 1.82) is 0 Å². The van der Waals surface area contributed by atoms with Gasteiger partial charge in [0.25, 0.3) is 11.8 Å². The number of azo groups is 1. The van der Waals surface area contributed by atoms with Crippen molar-refractivity contribution in [3.05, 3.63) is 150 Å². The van der Waals surface area contributed by atoms with Crippen LogP contribution in [-0.4, -0.2) is 54.4 Å². The summed E-state index contributed by atoms with van der Waals surface area (Å²) < 4.78 is 5.87. The minimum atomic E-state index is -1.45. The molecular formula is C49H46N6O6. The van der Waals surface area contributed by atoms with Crippen LogP contribution in [-0.2, 0) is 24.6 Å². The van der Waals surface area contributed by atoms with Crippen LogP contribution in [0.5, 0.6) is 11.5 Å².